The lowest BCUT2D eigenvalue weighted by Crippen LogP contribution is -2.13. The van der Waals surface area contributed by atoms with E-state index < -0.39 is 0 Å². The van der Waals surface area contributed by atoms with Crippen LogP contribution in [-0.4, -0.2) is 19.7 Å². The van der Waals surface area contributed by atoms with Crippen molar-refractivity contribution in [2.24, 2.45) is 17.8 Å². The van der Waals surface area contributed by atoms with Crippen molar-refractivity contribution >= 4 is 16.9 Å². The first-order chi connectivity index (χ1) is 10.8. The predicted molar refractivity (Wildman–Crippen MR) is 85.0 cm³/mol. The SMILES string of the molecule is CC(C1C2CC21)n1nc(-c2ccccc2)c2c(N)ncnc21. The van der Waals surface area contributed by atoms with E-state index in [1.807, 2.05) is 18.2 Å². The van der Waals surface area contributed by atoms with Crippen molar-refractivity contribution in [3.63, 3.8) is 0 Å². The van der Waals surface area contributed by atoms with Crippen LogP contribution in [0.1, 0.15) is 19.4 Å². The number of nitrogen functional groups attached to an aromatic ring is 1. The Morgan fingerprint density at radius 3 is 2.64 bits per heavy atom. The monoisotopic (exact) mass is 291 g/mol. The molecule has 0 amide bonds. The molecule has 5 rings (SSSR count). The molecular weight excluding hydrogens is 274 g/mol. The molecular formula is C17H17N5. The Morgan fingerprint density at radius 2 is 1.95 bits per heavy atom. The molecule has 0 aliphatic heterocycles. The molecule has 0 saturated heterocycles. The van der Waals surface area contributed by atoms with Crippen LogP contribution in [0.3, 0.4) is 0 Å². The molecule has 5 heteroatoms. The maximum atomic E-state index is 6.13. The van der Waals surface area contributed by atoms with Gasteiger partial charge in [-0.15, -0.1) is 0 Å². The number of anilines is 1. The minimum atomic E-state index is 0.373. The standard InChI is InChI=1S/C17H17N5/c1-9(13-11-7-12(11)13)22-17-14(16(18)19-8-20-17)15(21-22)10-5-3-2-4-6-10/h2-6,8-9,11-13H,7H2,1H3,(H2,18,19,20). The van der Waals surface area contributed by atoms with Gasteiger partial charge in [-0.2, -0.15) is 5.10 Å². The maximum absolute atomic E-state index is 6.13. The highest BCUT2D eigenvalue weighted by Gasteiger charge is 2.66. The number of rotatable bonds is 3. The molecule has 2 fully saturated rings. The summed E-state index contributed by atoms with van der Waals surface area (Å²) in [5.41, 5.74) is 8.92. The first-order valence-electron chi connectivity index (χ1n) is 7.80. The van der Waals surface area contributed by atoms with Gasteiger partial charge in [0.15, 0.2) is 5.65 Å². The normalized spacial score (nSPS) is 26.7. The number of fused-ring (bicyclic) bond motifs is 2. The zero-order valence-corrected chi connectivity index (χ0v) is 12.3. The summed E-state index contributed by atoms with van der Waals surface area (Å²) in [7, 11) is 0. The van der Waals surface area contributed by atoms with Crippen LogP contribution >= 0.6 is 0 Å². The lowest BCUT2D eigenvalue weighted by molar-refractivity contribution is 0.383. The largest absolute Gasteiger partial charge is 0.383 e. The number of hydrogen-bond acceptors (Lipinski definition) is 4. The van der Waals surface area contributed by atoms with E-state index in [2.05, 4.69) is 33.7 Å². The first-order valence-corrected chi connectivity index (χ1v) is 7.80. The molecule has 110 valence electrons. The molecule has 0 radical (unpaired) electrons. The topological polar surface area (TPSA) is 69.6 Å². The quantitative estimate of drug-likeness (QED) is 0.805. The van der Waals surface area contributed by atoms with E-state index in [-0.39, 0.29) is 0 Å². The van der Waals surface area contributed by atoms with E-state index in [4.69, 9.17) is 10.8 Å². The summed E-state index contributed by atoms with van der Waals surface area (Å²) in [4.78, 5) is 8.63. The Morgan fingerprint density at radius 1 is 1.18 bits per heavy atom. The van der Waals surface area contributed by atoms with Gasteiger partial charge in [0.1, 0.15) is 17.8 Å². The fourth-order valence-electron chi connectivity index (χ4n) is 3.78. The lowest BCUT2D eigenvalue weighted by Gasteiger charge is -2.15. The molecule has 0 spiro atoms. The van der Waals surface area contributed by atoms with E-state index >= 15 is 0 Å². The minimum Gasteiger partial charge on any atom is -0.383 e. The van der Waals surface area contributed by atoms with Gasteiger partial charge in [-0.25, -0.2) is 14.6 Å². The second-order valence-corrected chi connectivity index (χ2v) is 6.50. The molecule has 2 aromatic heterocycles. The maximum Gasteiger partial charge on any atom is 0.164 e. The molecule has 3 atom stereocenters. The number of benzene rings is 1. The van der Waals surface area contributed by atoms with E-state index in [0.29, 0.717) is 11.9 Å². The van der Waals surface area contributed by atoms with Gasteiger partial charge in [-0.1, -0.05) is 30.3 Å². The second-order valence-electron chi connectivity index (χ2n) is 6.50. The van der Waals surface area contributed by atoms with E-state index in [1.54, 1.807) is 0 Å². The first kappa shape index (κ1) is 12.1. The molecule has 1 aromatic carbocycles. The molecule has 22 heavy (non-hydrogen) atoms. The van der Waals surface area contributed by atoms with Crippen LogP contribution in [-0.2, 0) is 0 Å². The van der Waals surface area contributed by atoms with Crippen LogP contribution in [0, 0.1) is 17.8 Å². The number of hydrogen-bond donors (Lipinski definition) is 1. The Kier molecular flexibility index (Phi) is 2.24. The molecule has 3 aromatic rings. The summed E-state index contributed by atoms with van der Waals surface area (Å²) in [6.07, 6.45) is 2.93. The third kappa shape index (κ3) is 1.56. The minimum absolute atomic E-state index is 0.373. The van der Waals surface area contributed by atoms with Gasteiger partial charge in [-0.3, -0.25) is 0 Å². The van der Waals surface area contributed by atoms with Crippen LogP contribution in [0.5, 0.6) is 0 Å². The molecule has 2 aliphatic carbocycles. The van der Waals surface area contributed by atoms with Crippen molar-refractivity contribution in [2.45, 2.75) is 19.4 Å². The van der Waals surface area contributed by atoms with Crippen molar-refractivity contribution in [1.82, 2.24) is 19.7 Å². The van der Waals surface area contributed by atoms with Crippen LogP contribution in [0.4, 0.5) is 5.82 Å². The molecule has 2 heterocycles. The van der Waals surface area contributed by atoms with Gasteiger partial charge in [0.2, 0.25) is 0 Å². The van der Waals surface area contributed by atoms with Gasteiger partial charge in [0, 0.05) is 5.56 Å². The summed E-state index contributed by atoms with van der Waals surface area (Å²) in [5, 5.41) is 5.74. The van der Waals surface area contributed by atoms with Crippen LogP contribution in [0.2, 0.25) is 0 Å². The zero-order valence-electron chi connectivity index (χ0n) is 12.3. The molecule has 5 nitrogen and oxygen atoms in total. The average Bonchev–Trinajstić information content (AvgIpc) is 3.40. The molecule has 2 aliphatic rings. The summed E-state index contributed by atoms with van der Waals surface area (Å²) < 4.78 is 2.06. The number of nitrogens with zero attached hydrogens (tertiary/aromatic N) is 4. The number of aromatic nitrogens is 4. The van der Waals surface area contributed by atoms with Gasteiger partial charge in [0.05, 0.1) is 11.4 Å². The smallest absolute Gasteiger partial charge is 0.164 e. The van der Waals surface area contributed by atoms with Crippen LogP contribution in [0.25, 0.3) is 22.3 Å². The Balaban J connectivity index is 1.72. The van der Waals surface area contributed by atoms with Crippen LogP contribution in [0.15, 0.2) is 36.7 Å². The van der Waals surface area contributed by atoms with Gasteiger partial charge in [-0.05, 0) is 31.1 Å². The Bertz CT molecular complexity index is 861. The zero-order chi connectivity index (χ0) is 14.8. The number of nitrogens with two attached hydrogens (primary N) is 1. The fourth-order valence-corrected chi connectivity index (χ4v) is 3.78. The van der Waals surface area contributed by atoms with E-state index in [0.717, 1.165) is 40.0 Å². The molecule has 2 saturated carbocycles. The molecule has 0 bridgehead atoms. The van der Waals surface area contributed by atoms with Crippen LogP contribution < -0.4 is 5.73 Å². The Hall–Kier alpha value is -2.43. The highest BCUT2D eigenvalue weighted by Crippen LogP contribution is 2.71. The third-order valence-electron chi connectivity index (χ3n) is 5.25. The highest BCUT2D eigenvalue weighted by molar-refractivity contribution is 5.98. The highest BCUT2D eigenvalue weighted by atomic mass is 15.3. The summed E-state index contributed by atoms with van der Waals surface area (Å²) in [5.74, 6) is 3.12. The van der Waals surface area contributed by atoms with Crippen molar-refractivity contribution < 1.29 is 0 Å². The van der Waals surface area contributed by atoms with E-state index in [9.17, 15) is 0 Å². The molecule has 3 unspecified atom stereocenters. The van der Waals surface area contributed by atoms with Gasteiger partial charge in [0.25, 0.3) is 0 Å². The van der Waals surface area contributed by atoms with Crippen molar-refractivity contribution in [3.8, 4) is 11.3 Å². The van der Waals surface area contributed by atoms with Crippen molar-refractivity contribution in [1.29, 1.82) is 0 Å². The van der Waals surface area contributed by atoms with Gasteiger partial charge >= 0.3 is 0 Å². The van der Waals surface area contributed by atoms with E-state index in [1.165, 1.54) is 12.7 Å². The van der Waals surface area contributed by atoms with Gasteiger partial charge < -0.3 is 5.73 Å². The Labute approximate surface area is 128 Å². The fraction of sp³-hybridized carbons (Fsp3) is 0.353. The summed E-state index contributed by atoms with van der Waals surface area (Å²) in [6, 6.07) is 10.5. The third-order valence-corrected chi connectivity index (χ3v) is 5.25. The predicted octanol–water partition coefficient (Wildman–Crippen LogP) is 2.90. The average molecular weight is 291 g/mol. The van der Waals surface area contributed by atoms with Crippen molar-refractivity contribution in [2.75, 3.05) is 5.73 Å². The molecule has 2 N–H and O–H groups in total. The summed E-state index contributed by atoms with van der Waals surface area (Å²) >= 11 is 0. The lowest BCUT2D eigenvalue weighted by atomic mass is 10.1. The van der Waals surface area contributed by atoms with Crippen molar-refractivity contribution in [3.05, 3.63) is 36.7 Å². The second kappa shape index (κ2) is 4.06. The summed E-state index contributed by atoms with van der Waals surface area (Å²) in [6.45, 7) is 2.25.